The van der Waals surface area contributed by atoms with Gasteiger partial charge < -0.3 is 5.11 Å². The lowest BCUT2D eigenvalue weighted by Crippen LogP contribution is -2.28. The van der Waals surface area contributed by atoms with Gasteiger partial charge in [-0.1, -0.05) is 42.5 Å². The van der Waals surface area contributed by atoms with Crippen LogP contribution in [0.3, 0.4) is 0 Å². The Morgan fingerprint density at radius 1 is 0.955 bits per heavy atom. The number of non-ortho nitro benzene ring substituents is 1. The third-order valence-electron chi connectivity index (χ3n) is 3.53. The van der Waals surface area contributed by atoms with Crippen molar-refractivity contribution >= 4 is 5.69 Å². The first-order chi connectivity index (χ1) is 10.7. The van der Waals surface area contributed by atoms with E-state index in [-0.39, 0.29) is 12.3 Å². The lowest BCUT2D eigenvalue weighted by molar-refractivity contribution is -0.384. The molecule has 0 fully saturated rings. The van der Waals surface area contributed by atoms with E-state index in [1.54, 1.807) is 12.1 Å². The molecular weight excluding hydrogens is 280 g/mol. The third kappa shape index (κ3) is 4.95. The summed E-state index contributed by atoms with van der Waals surface area (Å²) in [4.78, 5) is 12.4. The number of nitro groups is 1. The highest BCUT2D eigenvalue weighted by Gasteiger charge is 2.07. The van der Waals surface area contributed by atoms with Crippen LogP contribution in [-0.4, -0.2) is 34.6 Å². The van der Waals surface area contributed by atoms with Crippen LogP contribution in [-0.2, 0) is 13.0 Å². The van der Waals surface area contributed by atoms with Crippen LogP contribution >= 0.6 is 0 Å². The summed E-state index contributed by atoms with van der Waals surface area (Å²) in [7, 11) is 0. The quantitative estimate of drug-likeness (QED) is 0.601. The molecule has 0 saturated carbocycles. The van der Waals surface area contributed by atoms with Crippen LogP contribution < -0.4 is 0 Å². The van der Waals surface area contributed by atoms with E-state index in [0.29, 0.717) is 6.54 Å². The number of nitrogens with zero attached hydrogens (tertiary/aromatic N) is 2. The molecule has 22 heavy (non-hydrogen) atoms. The van der Waals surface area contributed by atoms with E-state index >= 15 is 0 Å². The van der Waals surface area contributed by atoms with Gasteiger partial charge in [-0.3, -0.25) is 15.0 Å². The Morgan fingerprint density at radius 2 is 1.64 bits per heavy atom. The van der Waals surface area contributed by atoms with Crippen molar-refractivity contribution in [3.05, 3.63) is 75.8 Å². The second kappa shape index (κ2) is 8.26. The fourth-order valence-electron chi connectivity index (χ4n) is 2.32. The molecule has 5 nitrogen and oxygen atoms in total. The van der Waals surface area contributed by atoms with Gasteiger partial charge in [0.1, 0.15) is 0 Å². The molecule has 0 aliphatic heterocycles. The SMILES string of the molecule is O=[N+]([O-])c1ccc(CCN(CCO)Cc2ccccc2)cc1. The molecule has 0 bridgehead atoms. The summed E-state index contributed by atoms with van der Waals surface area (Å²) in [5.41, 5.74) is 2.38. The summed E-state index contributed by atoms with van der Waals surface area (Å²) < 4.78 is 0. The van der Waals surface area contributed by atoms with Gasteiger partial charge in [-0.25, -0.2) is 0 Å². The zero-order valence-corrected chi connectivity index (χ0v) is 12.4. The highest BCUT2D eigenvalue weighted by Crippen LogP contribution is 2.13. The average molecular weight is 300 g/mol. The predicted octanol–water partition coefficient (Wildman–Crippen LogP) is 2.63. The lowest BCUT2D eigenvalue weighted by Gasteiger charge is -2.21. The minimum Gasteiger partial charge on any atom is -0.395 e. The monoisotopic (exact) mass is 300 g/mol. The fourth-order valence-corrected chi connectivity index (χ4v) is 2.32. The second-order valence-electron chi connectivity index (χ2n) is 5.16. The maximum Gasteiger partial charge on any atom is 0.269 e. The van der Waals surface area contributed by atoms with Crippen molar-refractivity contribution in [2.45, 2.75) is 13.0 Å². The number of hydrogen-bond acceptors (Lipinski definition) is 4. The van der Waals surface area contributed by atoms with Crippen molar-refractivity contribution < 1.29 is 10.0 Å². The van der Waals surface area contributed by atoms with Crippen molar-refractivity contribution in [1.29, 1.82) is 0 Å². The maximum absolute atomic E-state index is 10.6. The zero-order chi connectivity index (χ0) is 15.8. The number of nitro benzene ring substituents is 1. The van der Waals surface area contributed by atoms with Gasteiger partial charge in [-0.2, -0.15) is 0 Å². The largest absolute Gasteiger partial charge is 0.395 e. The van der Waals surface area contributed by atoms with Crippen LogP contribution in [0, 0.1) is 10.1 Å². The Bertz CT molecular complexity index is 585. The zero-order valence-electron chi connectivity index (χ0n) is 12.4. The van der Waals surface area contributed by atoms with Gasteiger partial charge in [0.15, 0.2) is 0 Å². The van der Waals surface area contributed by atoms with Crippen LogP contribution in [0.5, 0.6) is 0 Å². The van der Waals surface area contributed by atoms with Crippen LogP contribution in [0.2, 0.25) is 0 Å². The van der Waals surface area contributed by atoms with Crippen molar-refractivity contribution in [3.63, 3.8) is 0 Å². The van der Waals surface area contributed by atoms with Crippen molar-refractivity contribution in [2.24, 2.45) is 0 Å². The van der Waals surface area contributed by atoms with Crippen LogP contribution in [0.25, 0.3) is 0 Å². The molecule has 0 atom stereocenters. The number of aliphatic hydroxyl groups excluding tert-OH is 1. The minimum absolute atomic E-state index is 0.111. The summed E-state index contributed by atoms with van der Waals surface area (Å²) >= 11 is 0. The van der Waals surface area contributed by atoms with E-state index in [1.165, 1.54) is 17.7 Å². The molecule has 1 N–H and O–H groups in total. The molecule has 0 aliphatic carbocycles. The first-order valence-corrected chi connectivity index (χ1v) is 7.29. The lowest BCUT2D eigenvalue weighted by atomic mass is 10.1. The molecule has 0 aromatic heterocycles. The number of rotatable bonds is 8. The van der Waals surface area contributed by atoms with E-state index in [9.17, 15) is 15.2 Å². The minimum atomic E-state index is -0.392. The maximum atomic E-state index is 10.6. The number of hydrogen-bond donors (Lipinski definition) is 1. The smallest absolute Gasteiger partial charge is 0.269 e. The topological polar surface area (TPSA) is 66.6 Å². The molecule has 2 rings (SSSR count). The van der Waals surface area contributed by atoms with Crippen molar-refractivity contribution in [2.75, 3.05) is 19.7 Å². The van der Waals surface area contributed by atoms with Gasteiger partial charge in [0.25, 0.3) is 5.69 Å². The Hall–Kier alpha value is -2.24. The molecule has 0 heterocycles. The molecule has 2 aromatic rings. The molecule has 0 saturated heterocycles. The van der Waals surface area contributed by atoms with Gasteiger partial charge in [-0.15, -0.1) is 0 Å². The van der Waals surface area contributed by atoms with E-state index in [1.807, 2.05) is 18.2 Å². The molecule has 2 aromatic carbocycles. The molecule has 0 unspecified atom stereocenters. The second-order valence-corrected chi connectivity index (χ2v) is 5.16. The number of aliphatic hydroxyl groups is 1. The predicted molar refractivity (Wildman–Crippen MR) is 85.6 cm³/mol. The molecule has 0 radical (unpaired) electrons. The van der Waals surface area contributed by atoms with E-state index in [2.05, 4.69) is 17.0 Å². The first-order valence-electron chi connectivity index (χ1n) is 7.29. The Kier molecular flexibility index (Phi) is 6.06. The van der Waals surface area contributed by atoms with Gasteiger partial charge in [0, 0.05) is 31.8 Å². The van der Waals surface area contributed by atoms with Gasteiger partial charge >= 0.3 is 0 Å². The van der Waals surface area contributed by atoms with E-state index in [4.69, 9.17) is 0 Å². The summed E-state index contributed by atoms with van der Waals surface area (Å²) in [6, 6.07) is 16.8. The fraction of sp³-hybridized carbons (Fsp3) is 0.294. The number of benzene rings is 2. The van der Waals surface area contributed by atoms with Crippen LogP contribution in [0.1, 0.15) is 11.1 Å². The molecule has 0 spiro atoms. The van der Waals surface area contributed by atoms with Gasteiger partial charge in [0.2, 0.25) is 0 Å². The van der Waals surface area contributed by atoms with Crippen LogP contribution in [0.4, 0.5) is 5.69 Å². The molecule has 5 heteroatoms. The van der Waals surface area contributed by atoms with Gasteiger partial charge in [-0.05, 0) is 17.5 Å². The van der Waals surface area contributed by atoms with Crippen LogP contribution in [0.15, 0.2) is 54.6 Å². The summed E-state index contributed by atoms with van der Waals surface area (Å²) in [6.07, 6.45) is 0.796. The van der Waals surface area contributed by atoms with Gasteiger partial charge in [0.05, 0.1) is 11.5 Å². The third-order valence-corrected chi connectivity index (χ3v) is 3.53. The normalized spacial score (nSPS) is 10.8. The molecule has 116 valence electrons. The van der Waals surface area contributed by atoms with Crippen molar-refractivity contribution in [1.82, 2.24) is 4.90 Å². The van der Waals surface area contributed by atoms with Crippen molar-refractivity contribution in [3.8, 4) is 0 Å². The summed E-state index contributed by atoms with van der Waals surface area (Å²) in [5, 5.41) is 19.8. The molecule has 0 aliphatic rings. The average Bonchev–Trinajstić information content (AvgIpc) is 2.54. The Morgan fingerprint density at radius 3 is 2.23 bits per heavy atom. The Balaban J connectivity index is 1.92. The highest BCUT2D eigenvalue weighted by molar-refractivity contribution is 5.32. The van der Waals surface area contributed by atoms with E-state index < -0.39 is 4.92 Å². The molecular formula is C17H20N2O3. The summed E-state index contributed by atoms with van der Waals surface area (Å²) in [6.45, 7) is 2.32. The highest BCUT2D eigenvalue weighted by atomic mass is 16.6. The summed E-state index contributed by atoms with van der Waals surface area (Å²) in [5.74, 6) is 0. The first kappa shape index (κ1) is 16.1. The molecule has 0 amide bonds. The van der Waals surface area contributed by atoms with E-state index in [0.717, 1.165) is 25.1 Å². The standard InChI is InChI=1S/C17H20N2O3/c20-13-12-18(14-16-4-2-1-3-5-16)11-10-15-6-8-17(9-7-15)19(21)22/h1-9,20H,10-14H2. The Labute approximate surface area is 130 Å².